The maximum atomic E-state index is 12.6. The van der Waals surface area contributed by atoms with Crippen LogP contribution in [0.15, 0.2) is 0 Å². The second-order valence-electron chi connectivity index (χ2n) is 14.9. The van der Waals surface area contributed by atoms with Crippen molar-refractivity contribution < 1.29 is 22.9 Å². The number of hydrogen-bond acceptors (Lipinski definition) is 5. The summed E-state index contributed by atoms with van der Waals surface area (Å²) in [6.07, 6.45) is 16.0. The second-order valence-corrected chi connectivity index (χ2v) is 16.4. The quantitative estimate of drug-likeness (QED) is 0.196. The molecule has 8 heteroatoms. The number of nitrogens with zero attached hydrogens (tertiary/aromatic N) is 1. The van der Waals surface area contributed by atoms with Crippen LogP contribution in [0.25, 0.3) is 0 Å². The Morgan fingerprint density at radius 3 is 2.38 bits per heavy atom. The summed E-state index contributed by atoms with van der Waals surface area (Å²) in [7, 11) is -1.33. The fraction of sp³-hybridized carbons (Fsp3) is 0.969. The molecular weight excluding hydrogens is 524 g/mol. The average molecular weight is 583 g/mol. The van der Waals surface area contributed by atoms with Crippen LogP contribution < -0.4 is 5.32 Å². The van der Waals surface area contributed by atoms with Crippen LogP contribution in [0, 0.1) is 46.3 Å². The molecule has 0 radical (unpaired) electrons. The van der Waals surface area contributed by atoms with E-state index >= 15 is 0 Å². The number of likely N-dealkylation sites (N-methyl/N-ethyl adjacent to an activating group) is 1. The minimum atomic E-state index is -4.36. The van der Waals surface area contributed by atoms with E-state index in [1.165, 1.54) is 83.2 Å². The van der Waals surface area contributed by atoms with Gasteiger partial charge in [0.1, 0.15) is 0 Å². The largest absolute Gasteiger partial charge is 0.390 e. The van der Waals surface area contributed by atoms with Crippen molar-refractivity contribution in [3.8, 4) is 0 Å². The lowest BCUT2D eigenvalue weighted by Gasteiger charge is -2.61. The van der Waals surface area contributed by atoms with Gasteiger partial charge >= 0.3 is 0 Å². The maximum Gasteiger partial charge on any atom is 0.283 e. The minimum absolute atomic E-state index is 0.0865. The molecule has 0 aliphatic heterocycles. The lowest BCUT2D eigenvalue weighted by atomic mass is 9.44. The van der Waals surface area contributed by atoms with Gasteiger partial charge in [-0.25, -0.2) is 0 Å². The second kappa shape index (κ2) is 12.9. The molecule has 4 fully saturated rings. The van der Waals surface area contributed by atoms with Gasteiger partial charge in [-0.2, -0.15) is 8.42 Å². The lowest BCUT2D eigenvalue weighted by molar-refractivity contribution is -0.122. The number of hydrogen-bond donors (Lipinski definition) is 3. The Hall–Kier alpha value is -0.700. The van der Waals surface area contributed by atoms with Crippen molar-refractivity contribution in [1.29, 1.82) is 0 Å². The van der Waals surface area contributed by atoms with E-state index in [4.69, 9.17) is 0 Å². The molecule has 0 saturated heterocycles. The fourth-order valence-electron chi connectivity index (χ4n) is 10.6. The van der Waals surface area contributed by atoms with E-state index in [2.05, 4.69) is 26.1 Å². The van der Waals surface area contributed by atoms with Crippen LogP contribution in [0.1, 0.15) is 117 Å². The highest BCUT2D eigenvalue weighted by Gasteiger charge is 2.60. The number of unbranched alkanes of at least 4 members (excludes halogenated alkanes) is 1. The Labute approximate surface area is 244 Å². The molecule has 7 nitrogen and oxygen atoms in total. The molecule has 0 spiro atoms. The number of amides is 1. The summed E-state index contributed by atoms with van der Waals surface area (Å²) in [5.41, 5.74) is 1.02. The molecule has 232 valence electrons. The van der Waals surface area contributed by atoms with E-state index in [9.17, 15) is 22.9 Å². The van der Waals surface area contributed by atoms with E-state index in [1.54, 1.807) is 0 Å². The predicted molar refractivity (Wildman–Crippen MR) is 160 cm³/mol. The minimum Gasteiger partial charge on any atom is -0.390 e. The first-order valence-electron chi connectivity index (χ1n) is 16.4. The van der Waals surface area contributed by atoms with Crippen LogP contribution in [0.2, 0.25) is 0 Å². The van der Waals surface area contributed by atoms with Crippen molar-refractivity contribution in [2.75, 3.05) is 20.6 Å². The van der Waals surface area contributed by atoms with Crippen molar-refractivity contribution in [2.45, 2.75) is 129 Å². The summed E-state index contributed by atoms with van der Waals surface area (Å²) in [4.78, 5) is 13.9. The number of carbonyl (C=O) groups is 1. The first-order valence-corrected chi connectivity index (χ1v) is 17.9. The van der Waals surface area contributed by atoms with E-state index in [1.807, 2.05) is 0 Å². The summed E-state index contributed by atoms with van der Waals surface area (Å²) in [5.74, 6) is 5.06. The predicted octanol–water partition coefficient (Wildman–Crippen LogP) is 5.87. The van der Waals surface area contributed by atoms with Gasteiger partial charge < -0.3 is 10.4 Å². The summed E-state index contributed by atoms with van der Waals surface area (Å²) in [5, 5.41) is 11.9. The summed E-state index contributed by atoms with van der Waals surface area (Å²) in [6.45, 7) is 8.17. The summed E-state index contributed by atoms with van der Waals surface area (Å²) in [6, 6.07) is 0. The molecule has 0 bridgehead atoms. The van der Waals surface area contributed by atoms with Crippen molar-refractivity contribution in [2.24, 2.45) is 46.3 Å². The van der Waals surface area contributed by atoms with Gasteiger partial charge in [0.2, 0.25) is 5.91 Å². The van der Waals surface area contributed by atoms with Gasteiger partial charge in [-0.05, 0) is 137 Å². The van der Waals surface area contributed by atoms with Crippen molar-refractivity contribution in [1.82, 2.24) is 10.2 Å². The van der Waals surface area contributed by atoms with Gasteiger partial charge in [-0.3, -0.25) is 14.2 Å². The Kier molecular flexibility index (Phi) is 10.4. The normalized spacial score (nSPS) is 38.1. The Bertz CT molecular complexity index is 972. The van der Waals surface area contributed by atoms with Crippen LogP contribution in [-0.4, -0.2) is 61.0 Å². The highest BCUT2D eigenvalue weighted by molar-refractivity contribution is 7.86. The molecule has 4 aliphatic carbocycles. The number of carbonyl (C=O) groups excluding carboxylic acids is 1. The standard InChI is InChI=1S/C32H58N2O5S/c1-22(12-17-29(36)33-21-9-7-11-28(35)30(34(4)5)40(37,38)39)25-15-16-26-24-14-13-23-10-6-8-19-31(23,2)27(24)18-20-32(25,26)3/h22-28,30,35H,6-21H2,1-5H3,(H,33,36)(H,37,38,39)/t22-,23?,24+,25-,26+,27+,28?,30?,31+,32-/m1/s1. The zero-order chi connectivity index (χ0) is 29.3. The third-order valence-electron chi connectivity index (χ3n) is 12.6. The molecule has 4 aliphatic rings. The molecule has 4 saturated carbocycles. The number of nitrogens with one attached hydrogen (secondary N) is 1. The lowest BCUT2D eigenvalue weighted by Crippen LogP contribution is -2.53. The molecule has 40 heavy (non-hydrogen) atoms. The van der Waals surface area contributed by atoms with Gasteiger partial charge in [0.15, 0.2) is 5.37 Å². The Morgan fingerprint density at radius 1 is 0.950 bits per heavy atom. The number of rotatable bonds is 12. The molecule has 4 rings (SSSR count). The van der Waals surface area contributed by atoms with Gasteiger partial charge in [0.25, 0.3) is 10.1 Å². The Balaban J connectivity index is 1.20. The molecule has 0 aromatic heterocycles. The molecule has 3 N–H and O–H groups in total. The molecule has 1 amide bonds. The van der Waals surface area contributed by atoms with Crippen molar-refractivity contribution >= 4 is 16.0 Å². The van der Waals surface area contributed by atoms with Crippen LogP contribution >= 0.6 is 0 Å². The zero-order valence-corrected chi connectivity index (χ0v) is 26.7. The molecule has 0 aromatic rings. The van der Waals surface area contributed by atoms with E-state index in [0.717, 1.165) is 36.0 Å². The number of aliphatic hydroxyl groups is 1. The van der Waals surface area contributed by atoms with E-state index < -0.39 is 21.6 Å². The van der Waals surface area contributed by atoms with Crippen LogP contribution in [0.5, 0.6) is 0 Å². The molecule has 10 atom stereocenters. The van der Waals surface area contributed by atoms with E-state index in [-0.39, 0.29) is 12.3 Å². The van der Waals surface area contributed by atoms with Gasteiger partial charge in [-0.1, -0.05) is 33.6 Å². The average Bonchev–Trinajstić information content (AvgIpc) is 3.23. The fourth-order valence-corrected chi connectivity index (χ4v) is 11.6. The van der Waals surface area contributed by atoms with Crippen LogP contribution in [-0.2, 0) is 14.9 Å². The maximum absolute atomic E-state index is 12.6. The Morgan fingerprint density at radius 2 is 1.68 bits per heavy atom. The first-order chi connectivity index (χ1) is 18.8. The van der Waals surface area contributed by atoms with Crippen molar-refractivity contribution in [3.63, 3.8) is 0 Å². The SMILES string of the molecule is C[C@H](CCC(=O)NCCCCC(O)C(N(C)C)S(=O)(=O)O)[C@H]1CC[C@H]2[C@@H]3CCC4CCCC[C@]4(C)[C@H]3CC[C@]12C. The smallest absolute Gasteiger partial charge is 0.283 e. The third kappa shape index (κ3) is 6.60. The van der Waals surface area contributed by atoms with Gasteiger partial charge in [0.05, 0.1) is 6.10 Å². The van der Waals surface area contributed by atoms with Gasteiger partial charge in [-0.15, -0.1) is 0 Å². The zero-order valence-electron chi connectivity index (χ0n) is 25.9. The first kappa shape index (κ1) is 32.2. The topological polar surface area (TPSA) is 107 Å². The summed E-state index contributed by atoms with van der Waals surface area (Å²) < 4.78 is 32.4. The number of fused-ring (bicyclic) bond motifs is 5. The van der Waals surface area contributed by atoms with E-state index in [0.29, 0.717) is 42.6 Å². The third-order valence-corrected chi connectivity index (χ3v) is 13.9. The highest BCUT2D eigenvalue weighted by Crippen LogP contribution is 2.68. The van der Waals surface area contributed by atoms with Crippen molar-refractivity contribution in [3.05, 3.63) is 0 Å². The number of aliphatic hydroxyl groups excluding tert-OH is 1. The molecular formula is C32H58N2O5S. The van der Waals surface area contributed by atoms with Crippen LogP contribution in [0.3, 0.4) is 0 Å². The monoisotopic (exact) mass is 582 g/mol. The van der Waals surface area contributed by atoms with Gasteiger partial charge in [0, 0.05) is 13.0 Å². The van der Waals surface area contributed by atoms with Crippen LogP contribution in [0.4, 0.5) is 0 Å². The molecule has 0 aromatic carbocycles. The molecule has 3 unspecified atom stereocenters. The highest BCUT2D eigenvalue weighted by atomic mass is 32.2. The molecule has 0 heterocycles. The summed E-state index contributed by atoms with van der Waals surface area (Å²) >= 11 is 0.